The van der Waals surface area contributed by atoms with Gasteiger partial charge in [0.25, 0.3) is 12.3 Å². The minimum absolute atomic E-state index is 0.0288. The highest BCUT2D eigenvalue weighted by Gasteiger charge is 2.25. The van der Waals surface area contributed by atoms with E-state index < -0.39 is 18.7 Å². The molecule has 3 heterocycles. The summed E-state index contributed by atoms with van der Waals surface area (Å²) >= 11 is 0. The number of carbonyl (C=O) groups excluding carboxylic acids is 1. The van der Waals surface area contributed by atoms with Gasteiger partial charge in [0.1, 0.15) is 17.1 Å². The summed E-state index contributed by atoms with van der Waals surface area (Å²) in [6, 6.07) is 2.66. The summed E-state index contributed by atoms with van der Waals surface area (Å²) in [7, 11) is 0. The monoisotopic (exact) mass is 425 g/mol. The van der Waals surface area contributed by atoms with Gasteiger partial charge < -0.3 is 20.1 Å². The van der Waals surface area contributed by atoms with Crippen LogP contribution in [-0.4, -0.2) is 51.9 Å². The van der Waals surface area contributed by atoms with Gasteiger partial charge in [-0.2, -0.15) is 4.39 Å². The first-order valence-electron chi connectivity index (χ1n) is 9.41. The third kappa shape index (κ3) is 5.78. The van der Waals surface area contributed by atoms with Gasteiger partial charge in [0.15, 0.2) is 0 Å². The van der Waals surface area contributed by atoms with Crippen LogP contribution in [0.4, 0.5) is 24.8 Å². The van der Waals surface area contributed by atoms with Gasteiger partial charge in [-0.25, -0.2) is 18.7 Å². The van der Waals surface area contributed by atoms with Crippen molar-refractivity contribution in [3.05, 3.63) is 36.4 Å². The van der Waals surface area contributed by atoms with Crippen LogP contribution in [0.5, 0.6) is 5.75 Å². The second-order valence-corrected chi connectivity index (χ2v) is 6.96. The van der Waals surface area contributed by atoms with E-state index in [4.69, 9.17) is 4.74 Å². The van der Waals surface area contributed by atoms with Crippen LogP contribution in [0.25, 0.3) is 0 Å². The summed E-state index contributed by atoms with van der Waals surface area (Å²) in [5, 5.41) is 5.64. The molecule has 0 aliphatic carbocycles. The van der Waals surface area contributed by atoms with Crippen molar-refractivity contribution in [2.75, 3.05) is 10.6 Å². The van der Waals surface area contributed by atoms with Crippen molar-refractivity contribution in [3.63, 3.8) is 0 Å². The predicted octanol–water partition coefficient (Wildman–Crippen LogP) is 3.43. The van der Waals surface area contributed by atoms with Gasteiger partial charge >= 0.3 is 6.43 Å². The molecule has 2 aromatic rings. The highest BCUT2D eigenvalue weighted by molar-refractivity contribution is 6.03. The average Bonchev–Trinajstić information content (AvgIpc) is 2.68. The number of anilines is 2. The van der Waals surface area contributed by atoms with Crippen molar-refractivity contribution in [1.82, 2.24) is 15.0 Å². The first-order valence-corrected chi connectivity index (χ1v) is 9.41. The maximum atomic E-state index is 13.2. The van der Waals surface area contributed by atoms with Gasteiger partial charge in [0.05, 0.1) is 18.4 Å². The molecule has 2 aromatic heterocycles. The second-order valence-electron chi connectivity index (χ2n) is 6.96. The number of hydrogen-bond donors (Lipinski definition) is 2. The largest absolute Gasteiger partial charge is 0.452 e. The van der Waals surface area contributed by atoms with Crippen molar-refractivity contribution in [2.24, 2.45) is 0 Å². The predicted molar refractivity (Wildman–Crippen MR) is 102 cm³/mol. The molecule has 30 heavy (non-hydrogen) atoms. The molecule has 0 spiro atoms. The molecule has 1 aliphatic heterocycles. The highest BCUT2D eigenvalue weighted by atomic mass is 19.3. The number of aromatic nitrogens is 3. The number of pyridine rings is 1. The van der Waals surface area contributed by atoms with Crippen LogP contribution in [0.3, 0.4) is 0 Å². The zero-order valence-corrected chi connectivity index (χ0v) is 16.4. The van der Waals surface area contributed by atoms with Crippen LogP contribution in [0.1, 0.15) is 37.2 Å². The summed E-state index contributed by atoms with van der Waals surface area (Å²) in [4.78, 5) is 24.7. The average molecular weight is 425 g/mol. The first-order chi connectivity index (χ1) is 14.3. The lowest BCUT2D eigenvalue weighted by Gasteiger charge is -2.32. The Hall–Kier alpha value is -2.95. The van der Waals surface area contributed by atoms with Gasteiger partial charge in [-0.3, -0.25) is 9.78 Å². The Labute approximate surface area is 171 Å². The Kier molecular flexibility index (Phi) is 7.03. The Morgan fingerprint density at radius 3 is 2.63 bits per heavy atom. The number of nitrogens with one attached hydrogen (secondary N) is 2. The molecular weight excluding hydrogens is 403 g/mol. The first kappa shape index (κ1) is 21.8. The summed E-state index contributed by atoms with van der Waals surface area (Å²) in [5.41, 5.74) is -0.0351. The summed E-state index contributed by atoms with van der Waals surface area (Å²) in [6.07, 6.45) is -0.614. The molecular formula is C19H22F3N5O3. The van der Waals surface area contributed by atoms with Crippen LogP contribution >= 0.6 is 0 Å². The lowest BCUT2D eigenvalue weighted by atomic mass is 10.0. The SMILES string of the molecule is CC1CC(Nc2nccc(C(=O)Nc3cnccc3OC(F)C(F)F)n2)CC(C)O1. The topological polar surface area (TPSA) is 98.3 Å². The van der Waals surface area contributed by atoms with Gasteiger partial charge in [-0.05, 0) is 32.8 Å². The minimum Gasteiger partial charge on any atom is -0.452 e. The molecule has 3 atom stereocenters. The quantitative estimate of drug-likeness (QED) is 0.701. The number of carbonyl (C=O) groups is 1. The summed E-state index contributed by atoms with van der Waals surface area (Å²) in [5.74, 6) is -0.652. The molecule has 0 radical (unpaired) electrons. The maximum absolute atomic E-state index is 13.2. The third-order valence-electron chi connectivity index (χ3n) is 4.39. The zero-order chi connectivity index (χ0) is 21.7. The number of rotatable bonds is 7. The molecule has 1 fully saturated rings. The van der Waals surface area contributed by atoms with E-state index in [-0.39, 0.29) is 41.3 Å². The van der Waals surface area contributed by atoms with E-state index in [2.05, 4.69) is 30.3 Å². The number of nitrogens with zero attached hydrogens (tertiary/aromatic N) is 3. The molecule has 0 saturated carbocycles. The smallest absolute Gasteiger partial charge is 0.304 e. The Bertz CT molecular complexity index is 863. The van der Waals surface area contributed by atoms with Gasteiger partial charge in [-0.1, -0.05) is 0 Å². The molecule has 162 valence electrons. The maximum Gasteiger partial charge on any atom is 0.304 e. The standard InChI is InChI=1S/C19H22F3N5O3/c1-10-7-12(8-11(2)29-10)25-19-24-6-3-13(27-19)18(28)26-14-9-23-5-4-15(14)30-17(22)16(20)21/h3-6,9-12,16-17H,7-8H2,1-2H3,(H,26,28)(H,24,25,27). The van der Waals surface area contributed by atoms with Gasteiger partial charge in [-0.15, -0.1) is 0 Å². The number of hydrogen-bond acceptors (Lipinski definition) is 7. The number of halogens is 3. The van der Waals surface area contributed by atoms with E-state index >= 15 is 0 Å². The molecule has 11 heteroatoms. The molecule has 3 unspecified atom stereocenters. The molecule has 1 saturated heterocycles. The lowest BCUT2D eigenvalue weighted by molar-refractivity contribution is -0.0665. The third-order valence-corrected chi connectivity index (χ3v) is 4.39. The fourth-order valence-corrected chi connectivity index (χ4v) is 3.20. The molecule has 1 amide bonds. The summed E-state index contributed by atoms with van der Waals surface area (Å²) < 4.78 is 48.3. The fraction of sp³-hybridized carbons (Fsp3) is 0.474. The van der Waals surface area contributed by atoms with Crippen molar-refractivity contribution in [2.45, 2.75) is 57.7 Å². The van der Waals surface area contributed by atoms with E-state index in [0.717, 1.165) is 19.0 Å². The molecule has 1 aliphatic rings. The van der Waals surface area contributed by atoms with E-state index in [1.165, 1.54) is 24.5 Å². The van der Waals surface area contributed by atoms with E-state index in [1.54, 1.807) is 0 Å². The number of amides is 1. The van der Waals surface area contributed by atoms with Gasteiger partial charge in [0.2, 0.25) is 5.95 Å². The van der Waals surface area contributed by atoms with Crippen LogP contribution in [-0.2, 0) is 4.74 Å². The molecule has 8 nitrogen and oxygen atoms in total. The molecule has 3 rings (SSSR count). The van der Waals surface area contributed by atoms with Crippen LogP contribution in [0.15, 0.2) is 30.7 Å². The normalized spacial score (nSPS) is 22.4. The van der Waals surface area contributed by atoms with E-state index in [9.17, 15) is 18.0 Å². The number of ether oxygens (including phenoxy) is 2. The molecule has 2 N–H and O–H groups in total. The van der Waals surface area contributed by atoms with E-state index in [1.807, 2.05) is 13.8 Å². The minimum atomic E-state index is -3.33. The van der Waals surface area contributed by atoms with E-state index in [0.29, 0.717) is 0 Å². The van der Waals surface area contributed by atoms with Crippen molar-refractivity contribution in [1.29, 1.82) is 0 Å². The Morgan fingerprint density at radius 1 is 1.20 bits per heavy atom. The fourth-order valence-electron chi connectivity index (χ4n) is 3.20. The Balaban J connectivity index is 1.69. The van der Waals surface area contributed by atoms with Crippen LogP contribution in [0, 0.1) is 0 Å². The van der Waals surface area contributed by atoms with Crippen molar-refractivity contribution in [3.8, 4) is 5.75 Å². The summed E-state index contributed by atoms with van der Waals surface area (Å²) in [6.45, 7) is 3.97. The molecule has 0 bridgehead atoms. The molecule has 0 aromatic carbocycles. The zero-order valence-electron chi connectivity index (χ0n) is 16.4. The highest BCUT2D eigenvalue weighted by Crippen LogP contribution is 2.26. The van der Waals surface area contributed by atoms with Crippen molar-refractivity contribution < 1.29 is 27.4 Å². The second kappa shape index (κ2) is 9.70. The number of alkyl halides is 3. The Morgan fingerprint density at radius 2 is 1.93 bits per heavy atom. The van der Waals surface area contributed by atoms with Crippen molar-refractivity contribution >= 4 is 17.5 Å². The van der Waals surface area contributed by atoms with Crippen LogP contribution < -0.4 is 15.4 Å². The lowest BCUT2D eigenvalue weighted by Crippen LogP contribution is -2.37. The van der Waals surface area contributed by atoms with Crippen LogP contribution in [0.2, 0.25) is 0 Å². The van der Waals surface area contributed by atoms with Gasteiger partial charge in [0, 0.05) is 24.5 Å².